The van der Waals surface area contributed by atoms with Crippen LogP contribution in [0.4, 0.5) is 0 Å². The van der Waals surface area contributed by atoms with Crippen molar-refractivity contribution in [3.05, 3.63) is 97.2 Å². The van der Waals surface area contributed by atoms with E-state index in [0.717, 1.165) is 122 Å². The van der Waals surface area contributed by atoms with Crippen molar-refractivity contribution in [3.63, 3.8) is 0 Å². The summed E-state index contributed by atoms with van der Waals surface area (Å²) < 4.78 is 22.6. The largest absolute Gasteiger partial charge is 0.394 e. The van der Waals surface area contributed by atoms with Gasteiger partial charge in [0.25, 0.3) is 0 Å². The van der Waals surface area contributed by atoms with Gasteiger partial charge in [-0.15, -0.1) is 0 Å². The number of ether oxygens (including phenoxy) is 4. The SMILES string of the molecule is CC/C=C\C/C=C\C/C=C\C/C=C\C/C=C\C/C=C\C/C=C\CCCCCCCCCC(=O)NC(COC1OC(CO)C(OC2OC(CO)C(O)C(O)C2O)C(O)C1O)C(O)/C=C/CCCCCC. The molecule has 12 unspecified atom stereocenters. The minimum atomic E-state index is -1.79. The molecule has 0 aromatic carbocycles. The smallest absolute Gasteiger partial charge is 0.220 e. The molecule has 2 saturated heterocycles. The molecule has 0 aromatic rings. The first-order chi connectivity index (χ1) is 33.6. The summed E-state index contributed by atoms with van der Waals surface area (Å²) in [5.74, 6) is -0.263. The first-order valence-corrected chi connectivity index (χ1v) is 26.0. The Hall–Kier alpha value is -3.09. The number of carbonyl (C=O) groups excluding carboxylic acids is 1. The number of carbonyl (C=O) groups is 1. The lowest BCUT2D eigenvalue weighted by molar-refractivity contribution is -0.359. The summed E-state index contributed by atoms with van der Waals surface area (Å²) in [5, 5.41) is 86.3. The van der Waals surface area contributed by atoms with E-state index < -0.39 is 86.8 Å². The van der Waals surface area contributed by atoms with Crippen LogP contribution in [0.15, 0.2) is 97.2 Å². The Morgan fingerprint density at radius 3 is 1.54 bits per heavy atom. The Labute approximate surface area is 413 Å². The minimum absolute atomic E-state index is 0.260. The number of nitrogens with one attached hydrogen (secondary N) is 1. The van der Waals surface area contributed by atoms with Crippen molar-refractivity contribution in [2.24, 2.45) is 0 Å². The lowest BCUT2D eigenvalue weighted by Crippen LogP contribution is -2.65. The Balaban J connectivity index is 1.68. The van der Waals surface area contributed by atoms with Gasteiger partial charge in [-0.05, 0) is 77.0 Å². The predicted molar refractivity (Wildman–Crippen MR) is 272 cm³/mol. The molecule has 2 aliphatic rings. The van der Waals surface area contributed by atoms with Gasteiger partial charge in [0, 0.05) is 6.42 Å². The molecule has 394 valence electrons. The van der Waals surface area contributed by atoms with Crippen molar-refractivity contribution in [1.29, 1.82) is 0 Å². The molecule has 2 aliphatic heterocycles. The second-order valence-electron chi connectivity index (χ2n) is 17.9. The normalized spacial score (nSPS) is 27.0. The highest BCUT2D eigenvalue weighted by molar-refractivity contribution is 5.76. The second kappa shape index (κ2) is 40.5. The van der Waals surface area contributed by atoms with E-state index in [4.69, 9.17) is 18.9 Å². The third-order valence-electron chi connectivity index (χ3n) is 12.0. The van der Waals surface area contributed by atoms with E-state index >= 15 is 0 Å². The first-order valence-electron chi connectivity index (χ1n) is 26.0. The van der Waals surface area contributed by atoms with Gasteiger partial charge >= 0.3 is 0 Å². The lowest BCUT2D eigenvalue weighted by Gasteiger charge is -2.46. The maximum absolute atomic E-state index is 13.1. The first kappa shape index (κ1) is 62.0. The number of hydrogen-bond acceptors (Lipinski definition) is 13. The highest BCUT2D eigenvalue weighted by atomic mass is 16.7. The molecule has 0 aliphatic carbocycles. The van der Waals surface area contributed by atoms with E-state index in [-0.39, 0.29) is 18.9 Å². The molecule has 2 heterocycles. The Morgan fingerprint density at radius 1 is 0.536 bits per heavy atom. The van der Waals surface area contributed by atoms with Gasteiger partial charge < -0.3 is 65.1 Å². The zero-order chi connectivity index (χ0) is 50.3. The summed E-state index contributed by atoms with van der Waals surface area (Å²) >= 11 is 0. The van der Waals surface area contributed by atoms with E-state index in [9.17, 15) is 45.6 Å². The molecule has 12 atom stereocenters. The molecule has 2 fully saturated rings. The highest BCUT2D eigenvalue weighted by Gasteiger charge is 2.51. The van der Waals surface area contributed by atoms with Crippen LogP contribution in [0.25, 0.3) is 0 Å². The molecule has 14 nitrogen and oxygen atoms in total. The molecule has 0 spiro atoms. The summed E-state index contributed by atoms with van der Waals surface area (Å²) in [6, 6.07) is -0.923. The van der Waals surface area contributed by atoms with Crippen LogP contribution in [0.2, 0.25) is 0 Å². The summed E-state index contributed by atoms with van der Waals surface area (Å²) in [6.07, 6.45) is 37.8. The predicted octanol–water partition coefficient (Wildman–Crippen LogP) is 7.15. The van der Waals surface area contributed by atoms with Crippen LogP contribution in [0.5, 0.6) is 0 Å². The van der Waals surface area contributed by atoms with Gasteiger partial charge in [0.15, 0.2) is 12.6 Å². The Morgan fingerprint density at radius 2 is 1.00 bits per heavy atom. The topological polar surface area (TPSA) is 228 Å². The molecule has 1 amide bonds. The van der Waals surface area contributed by atoms with Crippen molar-refractivity contribution >= 4 is 5.91 Å². The Bertz CT molecular complexity index is 1520. The van der Waals surface area contributed by atoms with Crippen LogP contribution >= 0.6 is 0 Å². The van der Waals surface area contributed by atoms with Crippen LogP contribution in [0, 0.1) is 0 Å². The monoisotopic (exact) mass is 974 g/mol. The molecule has 0 saturated carbocycles. The molecule has 0 radical (unpaired) electrons. The maximum Gasteiger partial charge on any atom is 0.220 e. The third kappa shape index (κ3) is 27.4. The minimum Gasteiger partial charge on any atom is -0.394 e. The van der Waals surface area contributed by atoms with E-state index in [2.05, 4.69) is 104 Å². The fourth-order valence-corrected chi connectivity index (χ4v) is 7.80. The zero-order valence-electron chi connectivity index (χ0n) is 41.8. The van der Waals surface area contributed by atoms with Gasteiger partial charge in [-0.1, -0.05) is 162 Å². The van der Waals surface area contributed by atoms with Crippen molar-refractivity contribution < 1.29 is 64.6 Å². The fourth-order valence-electron chi connectivity index (χ4n) is 7.80. The van der Waals surface area contributed by atoms with Crippen molar-refractivity contribution in [3.8, 4) is 0 Å². The van der Waals surface area contributed by atoms with E-state index in [1.54, 1.807) is 6.08 Å². The van der Waals surface area contributed by atoms with Gasteiger partial charge in [0.1, 0.15) is 48.8 Å². The van der Waals surface area contributed by atoms with Gasteiger partial charge in [0.2, 0.25) is 5.91 Å². The van der Waals surface area contributed by atoms with Crippen LogP contribution in [-0.4, -0.2) is 140 Å². The summed E-state index contributed by atoms with van der Waals surface area (Å²) in [7, 11) is 0. The summed E-state index contributed by atoms with van der Waals surface area (Å²) in [4.78, 5) is 13.1. The molecule has 0 aromatic heterocycles. The molecule has 2 rings (SSSR count). The van der Waals surface area contributed by atoms with Crippen LogP contribution in [0.3, 0.4) is 0 Å². The van der Waals surface area contributed by atoms with Crippen LogP contribution < -0.4 is 5.32 Å². The van der Waals surface area contributed by atoms with Gasteiger partial charge in [-0.3, -0.25) is 4.79 Å². The zero-order valence-corrected chi connectivity index (χ0v) is 41.8. The molecular weight excluding hydrogens is 883 g/mol. The maximum atomic E-state index is 13.1. The number of allylic oxidation sites excluding steroid dienone is 15. The molecular formula is C55H91NO13. The van der Waals surface area contributed by atoms with Crippen LogP contribution in [0.1, 0.15) is 149 Å². The van der Waals surface area contributed by atoms with Gasteiger partial charge in [-0.2, -0.15) is 0 Å². The van der Waals surface area contributed by atoms with Gasteiger partial charge in [0.05, 0.1) is 32.0 Å². The lowest BCUT2D eigenvalue weighted by atomic mass is 9.97. The molecule has 69 heavy (non-hydrogen) atoms. The average molecular weight is 974 g/mol. The number of rotatable bonds is 38. The number of unbranched alkanes of at least 4 members (excludes halogenated alkanes) is 11. The number of amides is 1. The summed E-state index contributed by atoms with van der Waals surface area (Å²) in [5.41, 5.74) is 0. The van der Waals surface area contributed by atoms with Gasteiger partial charge in [-0.25, -0.2) is 0 Å². The molecule has 9 N–H and O–H groups in total. The van der Waals surface area contributed by atoms with E-state index in [0.29, 0.717) is 6.42 Å². The average Bonchev–Trinajstić information content (AvgIpc) is 3.35. The van der Waals surface area contributed by atoms with Crippen molar-refractivity contribution in [2.75, 3.05) is 19.8 Å². The number of aliphatic hydroxyl groups excluding tert-OH is 8. The van der Waals surface area contributed by atoms with Crippen molar-refractivity contribution in [1.82, 2.24) is 5.32 Å². The van der Waals surface area contributed by atoms with E-state index in [1.165, 1.54) is 0 Å². The van der Waals surface area contributed by atoms with Crippen LogP contribution in [-0.2, 0) is 23.7 Å². The van der Waals surface area contributed by atoms with Crippen molar-refractivity contribution in [2.45, 2.75) is 222 Å². The second-order valence-corrected chi connectivity index (χ2v) is 17.9. The highest BCUT2D eigenvalue weighted by Crippen LogP contribution is 2.30. The number of aliphatic hydroxyl groups is 8. The quantitative estimate of drug-likeness (QED) is 0.0222. The fraction of sp³-hybridized carbons (Fsp3) is 0.691. The molecule has 0 bridgehead atoms. The standard InChI is InChI=1S/C55H91NO13/c1-3-5-7-9-11-12-13-14-15-16-17-18-19-20-21-22-23-24-25-26-27-28-29-30-31-32-33-35-37-39-47(60)56-43(44(59)38-36-34-10-8-6-4-2)42-66-54-52(65)50(63)53(46(41-58)68-54)69-55-51(64)49(62)48(61)45(40-57)67-55/h5,7,11-12,14-15,17-18,20-21,23-24,26-27,36,38,43-46,48-55,57-59,61-65H,3-4,6,8-10,13,16,19,22,25,28-35,37,39-42H2,1-2H3,(H,56,60)/b7-5-,12-11-,15-14-,18-17-,21-20-,24-23-,27-26-,38-36+. The summed E-state index contributed by atoms with van der Waals surface area (Å²) in [6.45, 7) is 2.54. The molecule has 14 heteroatoms. The third-order valence-corrected chi connectivity index (χ3v) is 12.0. The van der Waals surface area contributed by atoms with E-state index in [1.807, 2.05) is 6.08 Å². The Kier molecular flexibility index (Phi) is 36.4. The number of hydrogen-bond donors (Lipinski definition) is 9.